The maximum atomic E-state index is 13.9. The molecular formula is C11H17BrFNSi. The van der Waals surface area contributed by atoms with Gasteiger partial charge in [-0.3, -0.25) is 0 Å². The van der Waals surface area contributed by atoms with Crippen molar-refractivity contribution >= 4 is 29.2 Å². The first-order valence-corrected chi connectivity index (χ1v) is 8.83. The predicted molar refractivity (Wildman–Crippen MR) is 68.7 cm³/mol. The third-order valence-corrected chi connectivity index (χ3v) is 9.98. The molecule has 0 aliphatic heterocycles. The molecule has 0 aliphatic carbocycles. The molecular weight excluding hydrogens is 273 g/mol. The van der Waals surface area contributed by atoms with E-state index in [1.54, 1.807) is 0 Å². The number of rotatable bonds is 4. The zero-order valence-corrected chi connectivity index (χ0v) is 12.1. The molecule has 1 rings (SSSR count). The third kappa shape index (κ3) is 2.31. The van der Waals surface area contributed by atoms with Gasteiger partial charge in [0.15, 0.2) is 0 Å². The van der Waals surface area contributed by atoms with E-state index in [2.05, 4.69) is 41.7 Å². The van der Waals surface area contributed by atoms with Gasteiger partial charge in [-0.25, -0.2) is 9.37 Å². The second kappa shape index (κ2) is 5.21. The van der Waals surface area contributed by atoms with Crippen molar-refractivity contribution < 1.29 is 4.39 Å². The van der Waals surface area contributed by atoms with Gasteiger partial charge in [0.1, 0.15) is 10.4 Å². The molecule has 4 heteroatoms. The summed E-state index contributed by atoms with van der Waals surface area (Å²) in [6.07, 6.45) is 1.52. The van der Waals surface area contributed by atoms with Crippen molar-refractivity contribution in [1.82, 2.24) is 4.98 Å². The van der Waals surface area contributed by atoms with E-state index in [0.717, 1.165) is 23.3 Å². The van der Waals surface area contributed by atoms with Crippen molar-refractivity contribution in [3.8, 4) is 0 Å². The summed E-state index contributed by atoms with van der Waals surface area (Å²) in [5.74, 6) is -0.0888. The maximum absolute atomic E-state index is 13.9. The fourth-order valence-electron chi connectivity index (χ4n) is 2.17. The molecule has 0 amide bonds. The lowest BCUT2D eigenvalue weighted by Crippen LogP contribution is -2.48. The van der Waals surface area contributed by atoms with Crippen LogP contribution in [0.25, 0.3) is 0 Å². The van der Waals surface area contributed by atoms with Crippen LogP contribution in [0.3, 0.4) is 0 Å². The lowest BCUT2D eigenvalue weighted by molar-refractivity contribution is 0.631. The molecule has 0 unspecified atom stereocenters. The Balaban J connectivity index is 3.34. The van der Waals surface area contributed by atoms with Crippen molar-refractivity contribution in [2.24, 2.45) is 0 Å². The average molecular weight is 290 g/mol. The van der Waals surface area contributed by atoms with Gasteiger partial charge in [-0.2, -0.15) is 0 Å². The molecule has 0 spiro atoms. The first kappa shape index (κ1) is 12.8. The molecule has 1 aromatic heterocycles. The Bertz CT molecular complexity index is 311. The summed E-state index contributed by atoms with van der Waals surface area (Å²) in [5.41, 5.74) is 0. The van der Waals surface area contributed by atoms with Gasteiger partial charge in [0.25, 0.3) is 0 Å². The quantitative estimate of drug-likeness (QED) is 0.608. The van der Waals surface area contributed by atoms with Crippen LogP contribution >= 0.6 is 15.9 Å². The molecule has 0 bridgehead atoms. The van der Waals surface area contributed by atoms with Gasteiger partial charge in [0.05, 0.1) is 8.07 Å². The van der Waals surface area contributed by atoms with E-state index in [-0.39, 0.29) is 5.82 Å². The fraction of sp³-hybridized carbons (Fsp3) is 0.545. The molecule has 1 nitrogen and oxygen atoms in total. The Morgan fingerprint density at radius 1 is 1.27 bits per heavy atom. The average Bonchev–Trinajstić information content (AvgIpc) is 2.24. The van der Waals surface area contributed by atoms with E-state index >= 15 is 0 Å². The van der Waals surface area contributed by atoms with Gasteiger partial charge >= 0.3 is 0 Å². The van der Waals surface area contributed by atoms with Crippen LogP contribution in [-0.2, 0) is 0 Å². The number of halogens is 2. The Hall–Kier alpha value is -0.223. The highest BCUT2D eigenvalue weighted by Crippen LogP contribution is 2.24. The van der Waals surface area contributed by atoms with Crippen LogP contribution < -0.4 is 5.19 Å². The normalized spacial score (nSPS) is 11.8. The van der Waals surface area contributed by atoms with Crippen molar-refractivity contribution in [1.29, 1.82) is 0 Å². The first-order chi connectivity index (χ1) is 7.11. The minimum atomic E-state index is -1.67. The lowest BCUT2D eigenvalue weighted by atomic mass is 10.5. The van der Waals surface area contributed by atoms with Crippen LogP contribution in [0.15, 0.2) is 16.9 Å². The van der Waals surface area contributed by atoms with E-state index in [0.29, 0.717) is 4.60 Å². The number of nitrogens with zero attached hydrogens (tertiary/aromatic N) is 1. The molecule has 0 saturated carbocycles. The van der Waals surface area contributed by atoms with Crippen LogP contribution in [0.2, 0.25) is 18.1 Å². The molecule has 84 valence electrons. The summed E-state index contributed by atoms with van der Waals surface area (Å²) in [4.78, 5) is 4.16. The number of pyridine rings is 1. The Kier molecular flexibility index (Phi) is 4.46. The van der Waals surface area contributed by atoms with Crippen LogP contribution in [0.4, 0.5) is 4.39 Å². The summed E-state index contributed by atoms with van der Waals surface area (Å²) in [5, 5.41) is 0.873. The molecule has 1 aromatic rings. The molecule has 0 aliphatic rings. The second-order valence-electron chi connectivity index (χ2n) is 3.80. The molecule has 0 fully saturated rings. The third-order valence-electron chi connectivity index (χ3n) is 3.41. The van der Waals surface area contributed by atoms with E-state index in [1.807, 2.05) is 0 Å². The van der Waals surface area contributed by atoms with Gasteiger partial charge in [0.2, 0.25) is 0 Å². The second-order valence-corrected chi connectivity index (χ2v) is 9.73. The van der Waals surface area contributed by atoms with E-state index < -0.39 is 8.07 Å². The number of hydrogen-bond donors (Lipinski definition) is 0. The summed E-state index contributed by atoms with van der Waals surface area (Å²) in [6, 6.07) is 4.69. The molecule has 0 N–H and O–H groups in total. The molecule has 0 saturated heterocycles. The van der Waals surface area contributed by atoms with Crippen LogP contribution in [0, 0.1) is 5.82 Å². The fourth-order valence-corrected chi connectivity index (χ4v) is 7.39. The summed E-state index contributed by atoms with van der Waals surface area (Å²) in [7, 11) is -1.67. The minimum Gasteiger partial charge on any atom is -0.249 e. The van der Waals surface area contributed by atoms with Crippen molar-refractivity contribution in [3.63, 3.8) is 0 Å². The highest BCUT2D eigenvalue weighted by molar-refractivity contribution is 9.10. The summed E-state index contributed by atoms with van der Waals surface area (Å²) >= 11 is 3.39. The largest absolute Gasteiger partial charge is 0.249 e. The summed E-state index contributed by atoms with van der Waals surface area (Å²) in [6.45, 7) is 6.49. The zero-order chi connectivity index (χ0) is 11.5. The zero-order valence-electron chi connectivity index (χ0n) is 9.48. The number of hydrogen-bond acceptors (Lipinski definition) is 1. The van der Waals surface area contributed by atoms with Gasteiger partial charge in [-0.15, -0.1) is 0 Å². The first-order valence-electron chi connectivity index (χ1n) is 5.41. The van der Waals surface area contributed by atoms with Crippen molar-refractivity contribution in [3.05, 3.63) is 22.7 Å². The van der Waals surface area contributed by atoms with Gasteiger partial charge in [0, 0.05) is 11.4 Å². The lowest BCUT2D eigenvalue weighted by Gasteiger charge is -2.29. The molecule has 15 heavy (non-hydrogen) atoms. The van der Waals surface area contributed by atoms with Crippen molar-refractivity contribution in [2.75, 3.05) is 0 Å². The van der Waals surface area contributed by atoms with Crippen molar-refractivity contribution in [2.45, 2.75) is 38.9 Å². The maximum Gasteiger partial charge on any atom is 0.126 e. The SMILES string of the molecule is CC[Si](CC)(CC)c1c(F)ccnc1Br. The minimum absolute atomic E-state index is 0.0888. The van der Waals surface area contributed by atoms with Crippen LogP contribution in [0.5, 0.6) is 0 Å². The molecule has 0 atom stereocenters. The predicted octanol–water partition coefficient (Wildman–Crippen LogP) is 3.70. The van der Waals surface area contributed by atoms with E-state index in [4.69, 9.17) is 0 Å². The summed E-state index contributed by atoms with van der Waals surface area (Å²) < 4.78 is 14.6. The Morgan fingerprint density at radius 3 is 2.20 bits per heavy atom. The monoisotopic (exact) mass is 289 g/mol. The molecule has 0 radical (unpaired) electrons. The molecule has 1 heterocycles. The Morgan fingerprint density at radius 2 is 1.80 bits per heavy atom. The van der Waals surface area contributed by atoms with Gasteiger partial charge in [-0.05, 0) is 22.0 Å². The molecule has 0 aromatic carbocycles. The standard InChI is InChI=1S/C11H17BrFNSi/c1-4-15(5-2,6-3)10-9(13)7-8-14-11(10)12/h7-8H,4-6H2,1-3H3. The van der Waals surface area contributed by atoms with Crippen LogP contribution in [0.1, 0.15) is 20.8 Å². The Labute approximate surface area is 100 Å². The van der Waals surface area contributed by atoms with Gasteiger partial charge in [-0.1, -0.05) is 38.9 Å². The highest BCUT2D eigenvalue weighted by Gasteiger charge is 2.34. The van der Waals surface area contributed by atoms with Crippen LogP contribution in [-0.4, -0.2) is 13.1 Å². The van der Waals surface area contributed by atoms with E-state index in [9.17, 15) is 4.39 Å². The smallest absolute Gasteiger partial charge is 0.126 e. The van der Waals surface area contributed by atoms with E-state index in [1.165, 1.54) is 12.3 Å². The topological polar surface area (TPSA) is 12.9 Å². The van der Waals surface area contributed by atoms with Gasteiger partial charge < -0.3 is 0 Å². The number of aromatic nitrogens is 1. The highest BCUT2D eigenvalue weighted by atomic mass is 79.9.